The number of nitrogens with two attached hydrogens (primary N) is 1. The number of nitrogens with zero attached hydrogens (tertiary/aromatic N) is 1. The molecule has 0 radical (unpaired) electrons. The van der Waals surface area contributed by atoms with Crippen molar-refractivity contribution in [1.29, 1.82) is 0 Å². The van der Waals surface area contributed by atoms with Gasteiger partial charge in [-0.2, -0.15) is 0 Å². The van der Waals surface area contributed by atoms with Crippen LogP contribution in [-0.4, -0.2) is 10.5 Å². The fraction of sp³-hybridized carbons (Fsp3) is 0.154. The molecule has 0 atom stereocenters. The number of carbonyl (C=O) groups excluding carboxylic acids is 1. The van der Waals surface area contributed by atoms with Crippen LogP contribution in [0.5, 0.6) is 0 Å². The number of carbonyl (C=O) groups is 1. The second-order valence-corrected chi connectivity index (χ2v) is 4.30. The fourth-order valence-corrected chi connectivity index (χ4v) is 1.74. The van der Waals surface area contributed by atoms with Gasteiger partial charge < -0.3 is 15.6 Å². The molecule has 6 heteroatoms. The minimum atomic E-state index is -0.686. The van der Waals surface area contributed by atoms with E-state index in [1.54, 1.807) is 13.2 Å². The highest BCUT2D eigenvalue weighted by Gasteiger charge is 2.14. The molecule has 0 aliphatic carbocycles. The molecule has 0 fully saturated rings. The molecule has 2 aromatic rings. The van der Waals surface area contributed by atoms with Gasteiger partial charge in [0.2, 0.25) is 0 Å². The first-order chi connectivity index (χ1) is 8.88. The Balaban J connectivity index is 2.29. The summed E-state index contributed by atoms with van der Waals surface area (Å²) in [5, 5.41) is 2.32. The molecule has 1 aromatic heterocycles. The number of amides is 1. The molecule has 1 aromatic carbocycles. The number of anilines is 2. The van der Waals surface area contributed by atoms with Gasteiger partial charge in [-0.3, -0.25) is 4.79 Å². The molecule has 4 nitrogen and oxygen atoms in total. The first-order valence-electron chi connectivity index (χ1n) is 5.57. The van der Waals surface area contributed by atoms with Crippen LogP contribution in [0.15, 0.2) is 24.4 Å². The van der Waals surface area contributed by atoms with E-state index in [-0.39, 0.29) is 16.9 Å². The maximum Gasteiger partial charge on any atom is 0.272 e. The second kappa shape index (κ2) is 4.72. The standard InChI is InChI=1S/C13H13F2N3O/c1-7-3-10(15)11(5-9(7)14)17-13(19)12-4-8(16)6-18(12)2/h3-6H,16H2,1-2H3,(H,17,19). The molecule has 3 N–H and O–H groups in total. The SMILES string of the molecule is Cc1cc(F)c(NC(=O)c2cc(N)cn2C)cc1F. The van der Waals surface area contributed by atoms with Crippen LogP contribution in [-0.2, 0) is 7.05 Å². The van der Waals surface area contributed by atoms with Crippen molar-refractivity contribution in [1.82, 2.24) is 4.57 Å². The van der Waals surface area contributed by atoms with E-state index >= 15 is 0 Å². The highest BCUT2D eigenvalue weighted by Crippen LogP contribution is 2.20. The Morgan fingerprint density at radius 1 is 1.26 bits per heavy atom. The quantitative estimate of drug-likeness (QED) is 0.876. The van der Waals surface area contributed by atoms with Crippen molar-refractivity contribution in [2.45, 2.75) is 6.92 Å². The summed E-state index contributed by atoms with van der Waals surface area (Å²) in [5.74, 6) is -1.82. The molecule has 19 heavy (non-hydrogen) atoms. The van der Waals surface area contributed by atoms with Crippen molar-refractivity contribution < 1.29 is 13.6 Å². The van der Waals surface area contributed by atoms with E-state index in [0.717, 1.165) is 12.1 Å². The van der Waals surface area contributed by atoms with E-state index in [1.807, 2.05) is 0 Å². The van der Waals surface area contributed by atoms with Gasteiger partial charge in [-0.1, -0.05) is 0 Å². The second-order valence-electron chi connectivity index (χ2n) is 4.30. The number of benzene rings is 1. The fourth-order valence-electron chi connectivity index (χ4n) is 1.74. The predicted octanol–water partition coefficient (Wildman–Crippen LogP) is 2.45. The maximum absolute atomic E-state index is 13.6. The third kappa shape index (κ3) is 2.57. The van der Waals surface area contributed by atoms with Gasteiger partial charge in [0.25, 0.3) is 5.91 Å². The van der Waals surface area contributed by atoms with Gasteiger partial charge in [0.1, 0.15) is 17.3 Å². The highest BCUT2D eigenvalue weighted by atomic mass is 19.1. The van der Waals surface area contributed by atoms with E-state index < -0.39 is 17.5 Å². The van der Waals surface area contributed by atoms with Crippen molar-refractivity contribution in [2.24, 2.45) is 7.05 Å². The highest BCUT2D eigenvalue weighted by molar-refractivity contribution is 6.03. The number of nitrogen functional groups attached to an aromatic ring is 1. The van der Waals surface area contributed by atoms with E-state index in [0.29, 0.717) is 5.69 Å². The van der Waals surface area contributed by atoms with E-state index in [4.69, 9.17) is 5.73 Å². The number of hydrogen-bond acceptors (Lipinski definition) is 2. The van der Waals surface area contributed by atoms with E-state index in [2.05, 4.69) is 5.32 Å². The van der Waals surface area contributed by atoms with Crippen molar-refractivity contribution in [3.8, 4) is 0 Å². The number of nitrogens with one attached hydrogen (secondary N) is 1. The van der Waals surface area contributed by atoms with Crippen LogP contribution >= 0.6 is 0 Å². The molecular weight excluding hydrogens is 252 g/mol. The predicted molar refractivity (Wildman–Crippen MR) is 68.9 cm³/mol. The zero-order chi connectivity index (χ0) is 14.2. The van der Waals surface area contributed by atoms with E-state index in [1.165, 1.54) is 17.6 Å². The number of halogens is 2. The Hall–Kier alpha value is -2.37. The summed E-state index contributed by atoms with van der Waals surface area (Å²) in [7, 11) is 1.64. The minimum Gasteiger partial charge on any atom is -0.397 e. The Kier molecular flexibility index (Phi) is 3.25. The zero-order valence-corrected chi connectivity index (χ0v) is 10.5. The van der Waals surface area contributed by atoms with Crippen molar-refractivity contribution >= 4 is 17.3 Å². The summed E-state index contributed by atoms with van der Waals surface area (Å²) >= 11 is 0. The van der Waals surface area contributed by atoms with Crippen LogP contribution in [0.25, 0.3) is 0 Å². The molecular formula is C13H13F2N3O. The molecule has 100 valence electrons. The van der Waals surface area contributed by atoms with Gasteiger partial charge in [0.15, 0.2) is 0 Å². The number of aryl methyl sites for hydroxylation is 2. The van der Waals surface area contributed by atoms with Crippen LogP contribution in [0.1, 0.15) is 16.1 Å². The molecule has 0 aliphatic heterocycles. The third-order valence-corrected chi connectivity index (χ3v) is 2.76. The Morgan fingerprint density at radius 3 is 2.53 bits per heavy atom. The van der Waals surface area contributed by atoms with Crippen LogP contribution in [0, 0.1) is 18.6 Å². The van der Waals surface area contributed by atoms with Crippen molar-refractivity contribution in [3.63, 3.8) is 0 Å². The summed E-state index contributed by atoms with van der Waals surface area (Å²) in [5.41, 5.74) is 6.21. The van der Waals surface area contributed by atoms with Gasteiger partial charge in [-0.15, -0.1) is 0 Å². The van der Waals surface area contributed by atoms with Gasteiger partial charge in [0.05, 0.1) is 11.4 Å². The van der Waals surface area contributed by atoms with Crippen LogP contribution < -0.4 is 11.1 Å². The molecule has 1 heterocycles. The summed E-state index contributed by atoms with van der Waals surface area (Å²) in [4.78, 5) is 11.9. The number of aromatic nitrogens is 1. The summed E-state index contributed by atoms with van der Waals surface area (Å²) in [6.07, 6.45) is 1.56. The minimum absolute atomic E-state index is 0.179. The number of hydrogen-bond donors (Lipinski definition) is 2. The lowest BCUT2D eigenvalue weighted by atomic mass is 10.2. The topological polar surface area (TPSA) is 60.1 Å². The smallest absolute Gasteiger partial charge is 0.272 e. The van der Waals surface area contributed by atoms with Gasteiger partial charge in [0, 0.05) is 19.3 Å². The average molecular weight is 265 g/mol. The zero-order valence-electron chi connectivity index (χ0n) is 10.5. The Labute approximate surface area is 108 Å². The van der Waals surface area contributed by atoms with Gasteiger partial charge in [-0.05, 0) is 24.6 Å². The lowest BCUT2D eigenvalue weighted by Gasteiger charge is -2.08. The van der Waals surface area contributed by atoms with Crippen LogP contribution in [0.2, 0.25) is 0 Å². The normalized spacial score (nSPS) is 10.5. The monoisotopic (exact) mass is 265 g/mol. The Morgan fingerprint density at radius 2 is 1.95 bits per heavy atom. The summed E-state index contributed by atoms with van der Waals surface area (Å²) in [6, 6.07) is 3.44. The molecule has 0 saturated heterocycles. The maximum atomic E-state index is 13.6. The first kappa shape index (κ1) is 13.1. The van der Waals surface area contributed by atoms with Gasteiger partial charge >= 0.3 is 0 Å². The molecule has 1 amide bonds. The molecule has 0 unspecified atom stereocenters. The molecule has 0 spiro atoms. The largest absolute Gasteiger partial charge is 0.397 e. The molecule has 0 aliphatic rings. The average Bonchev–Trinajstić information content (AvgIpc) is 2.65. The Bertz CT molecular complexity index is 650. The molecule has 0 saturated carbocycles. The lowest BCUT2D eigenvalue weighted by molar-refractivity contribution is 0.101. The van der Waals surface area contributed by atoms with Crippen LogP contribution in [0.3, 0.4) is 0 Å². The molecule has 2 rings (SSSR count). The summed E-state index contributed by atoms with van der Waals surface area (Å²) in [6.45, 7) is 1.45. The third-order valence-electron chi connectivity index (χ3n) is 2.76. The van der Waals surface area contributed by atoms with Crippen LogP contribution in [0.4, 0.5) is 20.2 Å². The van der Waals surface area contributed by atoms with Crippen molar-refractivity contribution in [2.75, 3.05) is 11.1 Å². The van der Waals surface area contributed by atoms with E-state index in [9.17, 15) is 13.6 Å². The number of rotatable bonds is 2. The summed E-state index contributed by atoms with van der Waals surface area (Å²) < 4.78 is 28.5. The lowest BCUT2D eigenvalue weighted by Crippen LogP contribution is -2.16. The van der Waals surface area contributed by atoms with Crippen molar-refractivity contribution in [3.05, 3.63) is 47.3 Å². The first-order valence-corrected chi connectivity index (χ1v) is 5.57. The molecule has 0 bridgehead atoms. The van der Waals surface area contributed by atoms with Gasteiger partial charge in [-0.25, -0.2) is 8.78 Å².